The molecule has 142 valence electrons. The predicted octanol–water partition coefficient (Wildman–Crippen LogP) is 3.82. The second-order valence-corrected chi connectivity index (χ2v) is 7.55. The van der Waals surface area contributed by atoms with E-state index in [0.29, 0.717) is 17.7 Å². The molecular weight excluding hydrogens is 338 g/mol. The summed E-state index contributed by atoms with van der Waals surface area (Å²) in [6.07, 6.45) is 2.37. The molecule has 3 fully saturated rings. The first-order valence-electron chi connectivity index (χ1n) is 9.70. The smallest absolute Gasteiger partial charge is 0.322 e. The van der Waals surface area contributed by atoms with Crippen LogP contribution in [0.1, 0.15) is 18.4 Å². The van der Waals surface area contributed by atoms with Crippen LogP contribution in [0, 0.1) is 5.92 Å². The number of amides is 2. The van der Waals surface area contributed by atoms with E-state index in [1.807, 2.05) is 29.2 Å². The molecule has 2 aromatic rings. The molecule has 2 amide bonds. The lowest BCUT2D eigenvalue weighted by molar-refractivity contribution is 0.124. The maximum atomic E-state index is 12.9. The Hall–Kier alpha value is -2.53. The number of carbonyl (C=O) groups is 1. The molecule has 5 heteroatoms. The van der Waals surface area contributed by atoms with Gasteiger partial charge in [0.1, 0.15) is 5.75 Å². The van der Waals surface area contributed by atoms with E-state index in [1.54, 1.807) is 7.11 Å². The van der Waals surface area contributed by atoms with Crippen LogP contribution in [0.2, 0.25) is 0 Å². The van der Waals surface area contributed by atoms with Gasteiger partial charge in [-0.25, -0.2) is 4.79 Å². The number of hydrogen-bond donors (Lipinski definition) is 1. The van der Waals surface area contributed by atoms with Gasteiger partial charge in [0.15, 0.2) is 0 Å². The molecule has 2 atom stereocenters. The monoisotopic (exact) mass is 365 g/mol. The van der Waals surface area contributed by atoms with Crippen LogP contribution in [-0.4, -0.2) is 48.6 Å². The molecular formula is C22H27N3O2. The number of nitrogens with one attached hydrogen (secondary N) is 1. The number of carbonyl (C=O) groups excluding carboxylic acids is 1. The van der Waals surface area contributed by atoms with Crippen molar-refractivity contribution >= 4 is 11.7 Å². The highest BCUT2D eigenvalue weighted by Gasteiger charge is 2.36. The molecule has 0 saturated carbocycles. The lowest BCUT2D eigenvalue weighted by Crippen LogP contribution is -2.44. The molecule has 5 rings (SSSR count). The lowest BCUT2D eigenvalue weighted by Gasteiger charge is -2.36. The van der Waals surface area contributed by atoms with Crippen molar-refractivity contribution in [1.82, 2.24) is 9.80 Å². The molecule has 2 bridgehead atoms. The van der Waals surface area contributed by atoms with Crippen LogP contribution >= 0.6 is 0 Å². The van der Waals surface area contributed by atoms with E-state index in [4.69, 9.17) is 4.74 Å². The van der Waals surface area contributed by atoms with Gasteiger partial charge >= 0.3 is 6.03 Å². The third kappa shape index (κ3) is 4.08. The molecule has 27 heavy (non-hydrogen) atoms. The zero-order chi connectivity index (χ0) is 18.6. The van der Waals surface area contributed by atoms with Crippen LogP contribution in [0.3, 0.4) is 0 Å². The summed E-state index contributed by atoms with van der Waals surface area (Å²) in [5.41, 5.74) is 2.07. The molecule has 1 N–H and O–H groups in total. The number of hydrogen-bond acceptors (Lipinski definition) is 3. The zero-order valence-electron chi connectivity index (χ0n) is 15.8. The van der Waals surface area contributed by atoms with Gasteiger partial charge in [0.2, 0.25) is 0 Å². The minimum Gasteiger partial charge on any atom is -0.495 e. The van der Waals surface area contributed by atoms with Gasteiger partial charge in [-0.3, -0.25) is 4.90 Å². The topological polar surface area (TPSA) is 44.8 Å². The van der Waals surface area contributed by atoms with Crippen molar-refractivity contribution < 1.29 is 9.53 Å². The normalized spacial score (nSPS) is 22.3. The Balaban J connectivity index is 1.44. The van der Waals surface area contributed by atoms with Gasteiger partial charge in [-0.2, -0.15) is 0 Å². The Bertz CT molecular complexity index is 780. The minimum absolute atomic E-state index is 0.0297. The fourth-order valence-electron chi connectivity index (χ4n) is 4.30. The van der Waals surface area contributed by atoms with Crippen LogP contribution in [0.25, 0.3) is 0 Å². The number of para-hydroxylation sites is 2. The Kier molecular flexibility index (Phi) is 5.30. The van der Waals surface area contributed by atoms with Gasteiger partial charge in [0, 0.05) is 32.2 Å². The first-order chi connectivity index (χ1) is 13.2. The fraction of sp³-hybridized carbons (Fsp3) is 0.409. The number of benzene rings is 2. The summed E-state index contributed by atoms with van der Waals surface area (Å²) in [5.74, 6) is 1.23. The average Bonchev–Trinajstić information content (AvgIpc) is 3.01. The second-order valence-electron chi connectivity index (χ2n) is 7.55. The van der Waals surface area contributed by atoms with Gasteiger partial charge in [0.25, 0.3) is 0 Å². The fourth-order valence-corrected chi connectivity index (χ4v) is 4.30. The summed E-state index contributed by atoms with van der Waals surface area (Å²) in [5, 5.41) is 3.04. The zero-order valence-corrected chi connectivity index (χ0v) is 15.8. The number of piperidine rings is 1. The highest BCUT2D eigenvalue weighted by atomic mass is 16.5. The number of urea groups is 1. The minimum atomic E-state index is -0.0297. The quantitative estimate of drug-likeness (QED) is 0.896. The number of ether oxygens (including phenoxy) is 1. The summed E-state index contributed by atoms with van der Waals surface area (Å²) in [6.45, 7) is 3.63. The average molecular weight is 365 g/mol. The molecule has 3 saturated heterocycles. The maximum Gasteiger partial charge on any atom is 0.322 e. The summed E-state index contributed by atoms with van der Waals surface area (Å²) in [6, 6.07) is 18.6. The van der Waals surface area contributed by atoms with Crippen LogP contribution < -0.4 is 10.1 Å². The molecule has 0 aliphatic carbocycles. The van der Waals surface area contributed by atoms with Crippen molar-refractivity contribution in [2.45, 2.75) is 25.4 Å². The number of rotatable bonds is 4. The number of methoxy groups -OCH3 is 1. The summed E-state index contributed by atoms with van der Waals surface area (Å²) >= 11 is 0. The van der Waals surface area contributed by atoms with Gasteiger partial charge in [-0.05, 0) is 36.5 Å². The Morgan fingerprint density at radius 3 is 2.63 bits per heavy atom. The third-order valence-electron chi connectivity index (χ3n) is 5.69. The van der Waals surface area contributed by atoms with Crippen molar-refractivity contribution in [2.24, 2.45) is 5.92 Å². The summed E-state index contributed by atoms with van der Waals surface area (Å²) in [4.78, 5) is 17.5. The standard InChI is InChI=1S/C22H27N3O2/c1-27-21-10-6-5-9-20(21)23-22(26)25-15-18-11-12-19(16-25)24(14-18)13-17-7-3-2-4-8-17/h2-10,18-19H,11-16H2,1H3,(H,23,26)/t18-,19-/m0/s1. The Morgan fingerprint density at radius 2 is 1.81 bits per heavy atom. The van der Waals surface area contributed by atoms with Gasteiger partial charge < -0.3 is 15.0 Å². The van der Waals surface area contributed by atoms with E-state index < -0.39 is 0 Å². The van der Waals surface area contributed by atoms with E-state index in [-0.39, 0.29) is 6.03 Å². The van der Waals surface area contributed by atoms with Crippen molar-refractivity contribution in [3.8, 4) is 5.75 Å². The number of fused-ring (bicyclic) bond motifs is 4. The third-order valence-corrected chi connectivity index (χ3v) is 5.69. The first-order valence-corrected chi connectivity index (χ1v) is 9.70. The summed E-state index contributed by atoms with van der Waals surface area (Å²) in [7, 11) is 1.62. The second kappa shape index (κ2) is 8.01. The highest BCUT2D eigenvalue weighted by molar-refractivity contribution is 5.91. The molecule has 0 spiro atoms. The van der Waals surface area contributed by atoms with Crippen LogP contribution in [0.4, 0.5) is 10.5 Å². The van der Waals surface area contributed by atoms with Crippen LogP contribution in [0.5, 0.6) is 5.75 Å². The van der Waals surface area contributed by atoms with Gasteiger partial charge in [-0.1, -0.05) is 42.5 Å². The molecule has 0 radical (unpaired) electrons. The molecule has 3 aliphatic rings. The molecule has 2 aromatic carbocycles. The van der Waals surface area contributed by atoms with E-state index >= 15 is 0 Å². The molecule has 3 aliphatic heterocycles. The highest BCUT2D eigenvalue weighted by Crippen LogP contribution is 2.30. The SMILES string of the molecule is COc1ccccc1NC(=O)N1C[C@H]2CC[C@@H](C1)N(Cc1ccccc1)C2. The molecule has 0 aromatic heterocycles. The number of anilines is 1. The summed E-state index contributed by atoms with van der Waals surface area (Å²) < 4.78 is 5.35. The van der Waals surface area contributed by atoms with E-state index in [1.165, 1.54) is 12.0 Å². The Labute approximate surface area is 160 Å². The van der Waals surface area contributed by atoms with Gasteiger partial charge in [0.05, 0.1) is 12.8 Å². The van der Waals surface area contributed by atoms with Crippen molar-refractivity contribution in [3.63, 3.8) is 0 Å². The first kappa shape index (κ1) is 17.9. The van der Waals surface area contributed by atoms with Crippen LogP contribution in [-0.2, 0) is 6.54 Å². The lowest BCUT2D eigenvalue weighted by atomic mass is 9.94. The largest absolute Gasteiger partial charge is 0.495 e. The molecule has 0 unspecified atom stereocenters. The van der Waals surface area contributed by atoms with Crippen molar-refractivity contribution in [3.05, 3.63) is 60.2 Å². The Morgan fingerprint density at radius 1 is 1.04 bits per heavy atom. The number of nitrogens with zero attached hydrogens (tertiary/aromatic N) is 2. The van der Waals surface area contributed by atoms with Crippen molar-refractivity contribution in [2.75, 3.05) is 32.1 Å². The van der Waals surface area contributed by atoms with Gasteiger partial charge in [-0.15, -0.1) is 0 Å². The van der Waals surface area contributed by atoms with E-state index in [2.05, 4.69) is 40.5 Å². The maximum absolute atomic E-state index is 12.9. The van der Waals surface area contributed by atoms with E-state index in [0.717, 1.165) is 38.3 Å². The van der Waals surface area contributed by atoms with E-state index in [9.17, 15) is 4.79 Å². The molecule has 3 heterocycles. The van der Waals surface area contributed by atoms with Crippen molar-refractivity contribution in [1.29, 1.82) is 0 Å². The predicted molar refractivity (Wildman–Crippen MR) is 107 cm³/mol. The molecule has 5 nitrogen and oxygen atoms in total. The van der Waals surface area contributed by atoms with Crippen LogP contribution in [0.15, 0.2) is 54.6 Å².